The molecular weight excluding hydrogens is 505 g/mol. The van der Waals surface area contributed by atoms with E-state index in [9.17, 15) is 13.2 Å². The smallest absolute Gasteiger partial charge is 0.284 e. The first-order valence-electron chi connectivity index (χ1n) is 11.1. The molecule has 0 fully saturated rings. The maximum atomic E-state index is 15.3. The third-order valence-electron chi connectivity index (χ3n) is 4.89. The lowest BCUT2D eigenvalue weighted by Crippen LogP contribution is -2.15. The van der Waals surface area contributed by atoms with Gasteiger partial charge in [0.15, 0.2) is 11.6 Å². The Morgan fingerprint density at radius 2 is 1.83 bits per heavy atom. The average Bonchev–Trinajstić information content (AvgIpc) is 2.80. The quantitative estimate of drug-likeness (QED) is 0.295. The fourth-order valence-electron chi connectivity index (χ4n) is 3.33. The summed E-state index contributed by atoms with van der Waals surface area (Å²) >= 11 is 6.14. The molecule has 0 aliphatic rings. The Balaban J connectivity index is 2.06. The molecule has 3 aromatic rings. The fourth-order valence-corrected chi connectivity index (χ4v) is 4.69. The van der Waals surface area contributed by atoms with Gasteiger partial charge in [0.25, 0.3) is 10.0 Å². The number of halogens is 2. The highest BCUT2D eigenvalue weighted by Gasteiger charge is 2.23. The fraction of sp³-hybridized carbons (Fsp3) is 0.231. The van der Waals surface area contributed by atoms with E-state index in [1.165, 1.54) is 35.2 Å². The summed E-state index contributed by atoms with van der Waals surface area (Å²) < 4.78 is 50.9. The molecule has 0 unspecified atom stereocenters. The number of benzene rings is 3. The van der Waals surface area contributed by atoms with E-state index >= 15 is 4.39 Å². The van der Waals surface area contributed by atoms with Crippen LogP contribution in [0.3, 0.4) is 0 Å². The van der Waals surface area contributed by atoms with Crippen LogP contribution in [0.2, 0.25) is 5.02 Å². The van der Waals surface area contributed by atoms with Crippen molar-refractivity contribution in [3.05, 3.63) is 77.1 Å². The molecule has 0 aliphatic carbocycles. The molecule has 3 rings (SSSR count). The predicted molar refractivity (Wildman–Crippen MR) is 141 cm³/mol. The number of amides is 1. The number of hydrogen-bond acceptors (Lipinski definition) is 4. The predicted octanol–water partition coefficient (Wildman–Crippen LogP) is 5.39. The summed E-state index contributed by atoms with van der Waals surface area (Å²) in [5, 5.41) is 3.13. The van der Waals surface area contributed by atoms with Gasteiger partial charge < -0.3 is 15.0 Å². The van der Waals surface area contributed by atoms with Crippen LogP contribution >= 0.6 is 11.6 Å². The molecule has 0 heterocycles. The Hall–Kier alpha value is -3.43. The molecule has 0 atom stereocenters. The van der Waals surface area contributed by atoms with Crippen molar-refractivity contribution in [3.63, 3.8) is 0 Å². The van der Waals surface area contributed by atoms with E-state index in [1.54, 1.807) is 58.3 Å². The molecule has 0 aromatic heterocycles. The highest BCUT2D eigenvalue weighted by atomic mass is 35.5. The molecule has 10 heteroatoms. The number of nitrogens with one attached hydrogen (secondary N) is 1. The van der Waals surface area contributed by atoms with Crippen molar-refractivity contribution < 1.29 is 22.3 Å². The van der Waals surface area contributed by atoms with Crippen molar-refractivity contribution in [2.24, 2.45) is 4.40 Å². The lowest BCUT2D eigenvalue weighted by molar-refractivity contribution is -0.115. The topological polar surface area (TPSA) is 88.1 Å². The minimum absolute atomic E-state index is 0.000222. The summed E-state index contributed by atoms with van der Waals surface area (Å²) in [6.45, 7) is 3.52. The number of sulfonamides is 1. The van der Waals surface area contributed by atoms with E-state index in [0.29, 0.717) is 10.6 Å². The zero-order chi connectivity index (χ0) is 26.5. The van der Waals surface area contributed by atoms with Gasteiger partial charge in [-0.3, -0.25) is 4.79 Å². The molecule has 0 spiro atoms. The zero-order valence-electron chi connectivity index (χ0n) is 20.3. The van der Waals surface area contributed by atoms with Crippen LogP contribution in [-0.2, 0) is 21.2 Å². The lowest BCUT2D eigenvalue weighted by atomic mass is 10.0. The molecule has 190 valence electrons. The second-order valence-electron chi connectivity index (χ2n) is 8.47. The molecule has 1 amide bonds. The molecule has 0 saturated heterocycles. The van der Waals surface area contributed by atoms with Crippen molar-refractivity contribution in [1.29, 1.82) is 0 Å². The number of carbonyl (C=O) groups excluding carboxylic acids is 1. The minimum Gasteiger partial charge on any atom is -0.488 e. The summed E-state index contributed by atoms with van der Waals surface area (Å²) in [6, 6.07) is 15.6. The van der Waals surface area contributed by atoms with Crippen LogP contribution in [0.1, 0.15) is 19.4 Å². The number of rotatable bonds is 9. The summed E-state index contributed by atoms with van der Waals surface area (Å²) in [5.74, 6) is -1.09. The Labute approximate surface area is 215 Å². The highest BCUT2D eigenvalue weighted by Crippen LogP contribution is 2.36. The maximum Gasteiger partial charge on any atom is 0.284 e. The molecule has 0 bridgehead atoms. The minimum atomic E-state index is -4.26. The first-order chi connectivity index (χ1) is 17.0. The third-order valence-corrected chi connectivity index (χ3v) is 6.52. The van der Waals surface area contributed by atoms with Gasteiger partial charge in [-0.1, -0.05) is 48.0 Å². The van der Waals surface area contributed by atoms with Gasteiger partial charge in [-0.25, -0.2) is 4.39 Å². The Bertz CT molecular complexity index is 1390. The molecule has 0 radical (unpaired) electrons. The van der Waals surface area contributed by atoms with E-state index in [2.05, 4.69) is 9.71 Å². The number of nitrogens with zero attached hydrogens (tertiary/aromatic N) is 2. The van der Waals surface area contributed by atoms with Gasteiger partial charge in [0.1, 0.15) is 6.34 Å². The van der Waals surface area contributed by atoms with Crippen molar-refractivity contribution in [2.45, 2.75) is 31.3 Å². The van der Waals surface area contributed by atoms with Crippen LogP contribution in [0.5, 0.6) is 5.75 Å². The lowest BCUT2D eigenvalue weighted by Gasteiger charge is -2.16. The van der Waals surface area contributed by atoms with E-state index in [-0.39, 0.29) is 40.0 Å². The number of ether oxygens (including phenoxy) is 1. The Morgan fingerprint density at radius 1 is 1.11 bits per heavy atom. The maximum absolute atomic E-state index is 15.3. The van der Waals surface area contributed by atoms with Gasteiger partial charge in [0, 0.05) is 35.9 Å². The van der Waals surface area contributed by atoms with Crippen LogP contribution in [0.4, 0.5) is 10.1 Å². The van der Waals surface area contributed by atoms with Crippen molar-refractivity contribution in [3.8, 4) is 16.9 Å². The normalized spacial score (nSPS) is 11.6. The number of hydrogen-bond donors (Lipinski definition) is 1. The molecule has 7 nitrogen and oxygen atoms in total. The monoisotopic (exact) mass is 531 g/mol. The molecule has 0 saturated carbocycles. The van der Waals surface area contributed by atoms with Gasteiger partial charge in [-0.15, -0.1) is 4.40 Å². The van der Waals surface area contributed by atoms with Crippen molar-refractivity contribution in [2.75, 3.05) is 19.4 Å². The van der Waals surface area contributed by atoms with Crippen LogP contribution in [0, 0.1) is 5.82 Å². The van der Waals surface area contributed by atoms with Crippen molar-refractivity contribution in [1.82, 2.24) is 4.90 Å². The second kappa shape index (κ2) is 11.5. The number of anilines is 1. The average molecular weight is 532 g/mol. The second-order valence-corrected chi connectivity index (χ2v) is 10.5. The third kappa shape index (κ3) is 6.83. The van der Waals surface area contributed by atoms with E-state index in [1.807, 2.05) is 0 Å². The van der Waals surface area contributed by atoms with E-state index < -0.39 is 21.7 Å². The van der Waals surface area contributed by atoms with Gasteiger partial charge in [0.05, 0.1) is 17.4 Å². The Morgan fingerprint density at radius 3 is 2.50 bits per heavy atom. The summed E-state index contributed by atoms with van der Waals surface area (Å²) in [4.78, 5) is 13.8. The standard InChI is InChI=1S/C26H27ClFN3O4S/c1-17(2)35-23-11-7-9-21(26(23)28)20-13-12-19(15-24(20)36(33,34)29-16-31(3)4)30-25(32)14-18-8-5-6-10-22(18)27/h5-13,15-17H,14H2,1-4H3,(H,30,32)/b29-16+. The van der Waals surface area contributed by atoms with Gasteiger partial charge >= 0.3 is 0 Å². The van der Waals surface area contributed by atoms with Crippen LogP contribution < -0.4 is 10.1 Å². The Kier molecular flexibility index (Phi) is 8.70. The summed E-state index contributed by atoms with van der Waals surface area (Å²) in [6.07, 6.45) is 0.848. The molecular formula is C26H27ClFN3O4S. The SMILES string of the molecule is CC(C)Oc1cccc(-c2ccc(NC(=O)Cc3ccccc3Cl)cc2S(=O)(=O)/N=C/N(C)C)c1F. The van der Waals surface area contributed by atoms with Crippen molar-refractivity contribution >= 4 is 39.6 Å². The molecule has 3 aromatic carbocycles. The van der Waals surface area contributed by atoms with E-state index in [0.717, 1.165) is 6.34 Å². The van der Waals surface area contributed by atoms with Gasteiger partial charge in [-0.2, -0.15) is 8.42 Å². The highest BCUT2D eigenvalue weighted by molar-refractivity contribution is 7.90. The van der Waals surface area contributed by atoms with Crippen LogP contribution in [0.25, 0.3) is 11.1 Å². The molecule has 36 heavy (non-hydrogen) atoms. The van der Waals surface area contributed by atoms with Gasteiger partial charge in [0.2, 0.25) is 5.91 Å². The molecule has 1 N–H and O–H groups in total. The van der Waals surface area contributed by atoms with Gasteiger partial charge in [-0.05, 0) is 43.7 Å². The van der Waals surface area contributed by atoms with Crippen LogP contribution in [0.15, 0.2) is 70.0 Å². The summed E-state index contributed by atoms with van der Waals surface area (Å²) in [5.41, 5.74) is 0.951. The first kappa shape index (κ1) is 27.2. The molecule has 0 aliphatic heterocycles. The number of carbonyl (C=O) groups is 1. The van der Waals surface area contributed by atoms with Crippen LogP contribution in [-0.4, -0.2) is 45.8 Å². The zero-order valence-corrected chi connectivity index (χ0v) is 21.9. The van der Waals surface area contributed by atoms with E-state index in [4.69, 9.17) is 16.3 Å². The summed E-state index contributed by atoms with van der Waals surface area (Å²) in [7, 11) is -1.02. The largest absolute Gasteiger partial charge is 0.488 e. The first-order valence-corrected chi connectivity index (χ1v) is 12.9.